The summed E-state index contributed by atoms with van der Waals surface area (Å²) in [6, 6.07) is 15.1. The predicted octanol–water partition coefficient (Wildman–Crippen LogP) is 4.13. The van der Waals surface area contributed by atoms with Crippen LogP contribution in [0.1, 0.15) is 28.2 Å². The Morgan fingerprint density at radius 2 is 1.87 bits per heavy atom. The molecular formula is C17H16ClN3OS. The summed E-state index contributed by atoms with van der Waals surface area (Å²) in [5, 5.41) is 1.38. The van der Waals surface area contributed by atoms with Crippen molar-refractivity contribution in [2.75, 3.05) is 5.73 Å². The number of hydrogen-bond donors (Lipinski definition) is 3. The summed E-state index contributed by atoms with van der Waals surface area (Å²) >= 11 is 7.69. The maximum Gasteiger partial charge on any atom is 0.277 e. The highest BCUT2D eigenvalue weighted by molar-refractivity contribution is 7.21. The number of amides is 1. The van der Waals surface area contributed by atoms with E-state index < -0.39 is 0 Å². The van der Waals surface area contributed by atoms with Gasteiger partial charge in [-0.2, -0.15) is 0 Å². The summed E-state index contributed by atoms with van der Waals surface area (Å²) in [6.45, 7) is 1.93. The van der Waals surface area contributed by atoms with E-state index in [1.807, 2.05) is 55.5 Å². The molecule has 0 saturated carbocycles. The third-order valence-electron chi connectivity index (χ3n) is 3.61. The van der Waals surface area contributed by atoms with Crippen molar-refractivity contribution in [2.45, 2.75) is 13.0 Å². The van der Waals surface area contributed by atoms with Crippen LogP contribution in [-0.2, 0) is 0 Å². The molecule has 118 valence electrons. The number of carbonyl (C=O) groups is 1. The minimum Gasteiger partial charge on any atom is -0.398 e. The van der Waals surface area contributed by atoms with E-state index >= 15 is 0 Å². The molecule has 1 unspecified atom stereocenters. The third kappa shape index (κ3) is 3.17. The van der Waals surface area contributed by atoms with E-state index in [0.717, 1.165) is 15.6 Å². The zero-order valence-electron chi connectivity index (χ0n) is 12.5. The van der Waals surface area contributed by atoms with Crippen LogP contribution in [0.15, 0.2) is 48.5 Å². The van der Waals surface area contributed by atoms with E-state index in [1.54, 1.807) is 0 Å². The number of benzene rings is 2. The lowest BCUT2D eigenvalue weighted by atomic mass is 10.1. The lowest BCUT2D eigenvalue weighted by molar-refractivity contribution is 0.0931. The molecule has 1 amide bonds. The molecule has 2 aromatic carbocycles. The number of hydrazine groups is 1. The van der Waals surface area contributed by atoms with Crippen LogP contribution in [0.2, 0.25) is 5.02 Å². The van der Waals surface area contributed by atoms with E-state index in [4.69, 9.17) is 17.3 Å². The van der Waals surface area contributed by atoms with E-state index in [1.165, 1.54) is 11.3 Å². The Bertz CT molecular complexity index is 862. The number of hydrogen-bond acceptors (Lipinski definition) is 4. The molecule has 4 nitrogen and oxygen atoms in total. The summed E-state index contributed by atoms with van der Waals surface area (Å²) in [6.07, 6.45) is 0. The second kappa shape index (κ2) is 6.58. The fourth-order valence-electron chi connectivity index (χ4n) is 2.37. The molecule has 3 aromatic rings. The number of nitrogen functional groups attached to an aromatic ring is 1. The van der Waals surface area contributed by atoms with Crippen molar-refractivity contribution in [3.8, 4) is 0 Å². The highest BCUT2D eigenvalue weighted by atomic mass is 35.5. The number of nitrogens with two attached hydrogens (primary N) is 1. The predicted molar refractivity (Wildman–Crippen MR) is 96.7 cm³/mol. The number of halogens is 1. The number of rotatable bonds is 4. The van der Waals surface area contributed by atoms with Crippen molar-refractivity contribution in [3.63, 3.8) is 0 Å². The quantitative estimate of drug-likeness (QED) is 0.492. The van der Waals surface area contributed by atoms with Crippen molar-refractivity contribution in [1.82, 2.24) is 10.9 Å². The van der Waals surface area contributed by atoms with Crippen molar-refractivity contribution in [2.24, 2.45) is 0 Å². The van der Waals surface area contributed by atoms with Gasteiger partial charge < -0.3 is 5.73 Å². The smallest absolute Gasteiger partial charge is 0.277 e. The minimum absolute atomic E-state index is 0.117. The summed E-state index contributed by atoms with van der Waals surface area (Å²) in [5.41, 5.74) is 13.2. The Labute approximate surface area is 143 Å². The zero-order chi connectivity index (χ0) is 16.4. The number of thiophene rings is 1. The molecule has 0 saturated heterocycles. The first-order valence-electron chi connectivity index (χ1n) is 7.15. The van der Waals surface area contributed by atoms with Crippen LogP contribution in [0.3, 0.4) is 0 Å². The van der Waals surface area contributed by atoms with Gasteiger partial charge in [-0.1, -0.05) is 48.0 Å². The van der Waals surface area contributed by atoms with Crippen LogP contribution in [0.25, 0.3) is 10.1 Å². The summed E-state index contributed by atoms with van der Waals surface area (Å²) in [5.74, 6) is -0.252. The van der Waals surface area contributed by atoms with Gasteiger partial charge in [0.1, 0.15) is 4.88 Å². The molecule has 1 heterocycles. The molecule has 1 atom stereocenters. The molecule has 1 aromatic heterocycles. The fourth-order valence-corrected chi connectivity index (χ4v) is 3.79. The number of carbonyl (C=O) groups excluding carboxylic acids is 1. The van der Waals surface area contributed by atoms with Gasteiger partial charge in [0.05, 0.1) is 11.1 Å². The lowest BCUT2D eigenvalue weighted by Gasteiger charge is -2.16. The van der Waals surface area contributed by atoms with Gasteiger partial charge in [0.25, 0.3) is 5.91 Å². The van der Waals surface area contributed by atoms with Crippen LogP contribution in [0.5, 0.6) is 0 Å². The summed E-state index contributed by atoms with van der Waals surface area (Å²) < 4.78 is 0.989. The van der Waals surface area contributed by atoms with Gasteiger partial charge in [-0.3, -0.25) is 10.2 Å². The molecule has 0 radical (unpaired) electrons. The summed E-state index contributed by atoms with van der Waals surface area (Å²) in [7, 11) is 0. The van der Waals surface area contributed by atoms with Crippen molar-refractivity contribution in [1.29, 1.82) is 0 Å². The van der Waals surface area contributed by atoms with Gasteiger partial charge in [-0.05, 0) is 24.6 Å². The highest BCUT2D eigenvalue weighted by Gasteiger charge is 2.17. The summed E-state index contributed by atoms with van der Waals surface area (Å²) in [4.78, 5) is 12.9. The Hall–Kier alpha value is -2.08. The first kappa shape index (κ1) is 15.8. The molecule has 0 aliphatic rings. The van der Waals surface area contributed by atoms with Gasteiger partial charge in [-0.25, -0.2) is 5.43 Å². The molecule has 0 aliphatic heterocycles. The number of fused-ring (bicyclic) bond motifs is 1. The first-order chi connectivity index (χ1) is 11.1. The Balaban J connectivity index is 1.74. The van der Waals surface area contributed by atoms with Crippen LogP contribution in [0, 0.1) is 0 Å². The average molecular weight is 346 g/mol. The molecule has 0 aliphatic carbocycles. The van der Waals surface area contributed by atoms with Crippen molar-refractivity contribution in [3.05, 3.63) is 64.0 Å². The van der Waals surface area contributed by atoms with Crippen molar-refractivity contribution >= 4 is 44.6 Å². The molecule has 3 rings (SSSR count). The average Bonchev–Trinajstić information content (AvgIpc) is 2.90. The molecule has 23 heavy (non-hydrogen) atoms. The van der Waals surface area contributed by atoms with Crippen LogP contribution in [-0.4, -0.2) is 5.91 Å². The molecule has 4 N–H and O–H groups in total. The van der Waals surface area contributed by atoms with Gasteiger partial charge in [-0.15, -0.1) is 11.3 Å². The zero-order valence-corrected chi connectivity index (χ0v) is 14.0. The van der Waals surface area contributed by atoms with Gasteiger partial charge in [0.2, 0.25) is 0 Å². The Morgan fingerprint density at radius 3 is 2.61 bits per heavy atom. The van der Waals surface area contributed by atoms with Crippen LogP contribution >= 0.6 is 22.9 Å². The second-order valence-electron chi connectivity index (χ2n) is 5.19. The lowest BCUT2D eigenvalue weighted by Crippen LogP contribution is -2.39. The third-order valence-corrected chi connectivity index (χ3v) is 5.28. The molecule has 6 heteroatoms. The Morgan fingerprint density at radius 1 is 1.17 bits per heavy atom. The monoisotopic (exact) mass is 345 g/mol. The Kier molecular flexibility index (Phi) is 4.52. The molecular weight excluding hydrogens is 330 g/mol. The fraction of sp³-hybridized carbons (Fsp3) is 0.118. The maximum absolute atomic E-state index is 12.4. The van der Waals surface area contributed by atoms with Crippen LogP contribution in [0.4, 0.5) is 5.69 Å². The van der Waals surface area contributed by atoms with Gasteiger partial charge in [0, 0.05) is 15.8 Å². The first-order valence-corrected chi connectivity index (χ1v) is 8.34. The van der Waals surface area contributed by atoms with Crippen LogP contribution < -0.4 is 16.6 Å². The SMILES string of the molecule is CC(NNC(=O)c1sc2ccccc2c1Cl)c1ccccc1N. The van der Waals surface area contributed by atoms with Gasteiger partial charge in [0.15, 0.2) is 0 Å². The van der Waals surface area contributed by atoms with E-state index in [0.29, 0.717) is 15.6 Å². The molecule has 0 spiro atoms. The second-order valence-corrected chi connectivity index (χ2v) is 6.62. The number of para-hydroxylation sites is 1. The minimum atomic E-state index is -0.252. The highest BCUT2D eigenvalue weighted by Crippen LogP contribution is 2.34. The number of anilines is 1. The largest absolute Gasteiger partial charge is 0.398 e. The maximum atomic E-state index is 12.4. The number of nitrogens with one attached hydrogen (secondary N) is 2. The standard InChI is InChI=1S/C17H16ClN3OS/c1-10(11-6-2-4-8-13(11)19)20-21-17(22)16-15(18)12-7-3-5-9-14(12)23-16/h2-10,20H,19H2,1H3,(H,21,22). The van der Waals surface area contributed by atoms with Gasteiger partial charge >= 0.3 is 0 Å². The van der Waals surface area contributed by atoms with E-state index in [9.17, 15) is 4.79 Å². The molecule has 0 fully saturated rings. The van der Waals surface area contributed by atoms with E-state index in [2.05, 4.69) is 10.9 Å². The van der Waals surface area contributed by atoms with Crippen molar-refractivity contribution < 1.29 is 4.79 Å². The normalized spacial score (nSPS) is 12.3. The molecule has 0 bridgehead atoms. The van der Waals surface area contributed by atoms with E-state index in [-0.39, 0.29) is 11.9 Å². The topological polar surface area (TPSA) is 67.1 Å².